The van der Waals surface area contributed by atoms with Gasteiger partial charge in [0.05, 0.1) is 19.8 Å². The molecule has 0 fully saturated rings. The molecule has 0 saturated heterocycles. The van der Waals surface area contributed by atoms with Gasteiger partial charge in [0.1, 0.15) is 5.56 Å². The molecule has 0 aromatic heterocycles. The first-order valence-electron chi connectivity index (χ1n) is 8.06. The van der Waals surface area contributed by atoms with Crippen molar-refractivity contribution in [1.29, 1.82) is 0 Å². The molecule has 0 unspecified atom stereocenters. The number of ether oxygens (including phenoxy) is 2. The Balaban J connectivity index is 2.88. The molecule has 0 saturated carbocycles. The fourth-order valence-corrected chi connectivity index (χ4v) is 2.21. The summed E-state index contributed by atoms with van der Waals surface area (Å²) in [5.41, 5.74) is 0.558. The van der Waals surface area contributed by atoms with Crippen molar-refractivity contribution in [2.24, 2.45) is 0 Å². The van der Waals surface area contributed by atoms with Crippen LogP contribution in [0.15, 0.2) is 12.1 Å². The Morgan fingerprint density at radius 1 is 1.08 bits per heavy atom. The smallest absolute Gasteiger partial charge is 0.339 e. The Morgan fingerprint density at radius 3 is 2.32 bits per heavy atom. The second kappa shape index (κ2) is 10.2. The van der Waals surface area contributed by atoms with Crippen LogP contribution >= 0.6 is 0 Å². The largest absolute Gasteiger partial charge is 0.490 e. The lowest BCUT2D eigenvalue weighted by Crippen LogP contribution is -2.36. The molecule has 0 aliphatic carbocycles. The lowest BCUT2D eigenvalue weighted by atomic mass is 10.0. The lowest BCUT2D eigenvalue weighted by molar-refractivity contribution is -0.125. The third kappa shape index (κ3) is 6.33. The Hall–Kier alpha value is -2.77. The summed E-state index contributed by atoms with van der Waals surface area (Å²) in [6.07, 6.45) is 0.305. The number of hydrogen-bond donors (Lipinski definition) is 3. The minimum Gasteiger partial charge on any atom is -0.490 e. The van der Waals surface area contributed by atoms with Gasteiger partial charge in [0.15, 0.2) is 11.5 Å². The van der Waals surface area contributed by atoms with Crippen LogP contribution in [-0.2, 0) is 16.0 Å². The number of carboxylic acids is 1. The highest BCUT2D eigenvalue weighted by Gasteiger charge is 2.21. The number of nitrogens with one attached hydrogen (secondary N) is 2. The molecule has 0 heterocycles. The van der Waals surface area contributed by atoms with Gasteiger partial charge in [-0.15, -0.1) is 0 Å². The second-order valence-electron chi connectivity index (χ2n) is 5.11. The molecule has 8 nitrogen and oxygen atoms in total. The Morgan fingerprint density at radius 2 is 1.76 bits per heavy atom. The predicted octanol–water partition coefficient (Wildman–Crippen LogP) is 0.977. The highest BCUT2D eigenvalue weighted by atomic mass is 16.5. The first-order valence-corrected chi connectivity index (χ1v) is 8.06. The van der Waals surface area contributed by atoms with Gasteiger partial charge in [0.2, 0.25) is 11.8 Å². The van der Waals surface area contributed by atoms with Crippen molar-refractivity contribution in [2.45, 2.75) is 27.2 Å². The van der Waals surface area contributed by atoms with Crippen molar-refractivity contribution in [3.05, 3.63) is 23.3 Å². The maximum absolute atomic E-state index is 11.7. The van der Waals surface area contributed by atoms with Crippen LogP contribution in [0.3, 0.4) is 0 Å². The van der Waals surface area contributed by atoms with Crippen LogP contribution < -0.4 is 20.1 Å². The molecule has 138 valence electrons. The van der Waals surface area contributed by atoms with Crippen LogP contribution in [0, 0.1) is 0 Å². The van der Waals surface area contributed by atoms with Crippen LogP contribution in [0.5, 0.6) is 11.5 Å². The van der Waals surface area contributed by atoms with E-state index in [-0.39, 0.29) is 36.2 Å². The minimum absolute atomic E-state index is 0.0314. The molecule has 1 aromatic carbocycles. The molecule has 3 N–H and O–H groups in total. The molecule has 0 aliphatic rings. The number of carbonyl (C=O) groups excluding carboxylic acids is 2. The summed E-state index contributed by atoms with van der Waals surface area (Å²) in [6, 6.07) is 3.31. The monoisotopic (exact) mass is 352 g/mol. The van der Waals surface area contributed by atoms with Gasteiger partial charge in [-0.25, -0.2) is 4.79 Å². The van der Waals surface area contributed by atoms with Gasteiger partial charge in [0, 0.05) is 13.5 Å². The summed E-state index contributed by atoms with van der Waals surface area (Å²) in [5.74, 6) is -1.19. The van der Waals surface area contributed by atoms with E-state index in [9.17, 15) is 19.5 Å². The lowest BCUT2D eigenvalue weighted by Gasteiger charge is -2.16. The molecular weight excluding hydrogens is 328 g/mol. The zero-order chi connectivity index (χ0) is 18.8. The van der Waals surface area contributed by atoms with Crippen LogP contribution in [-0.4, -0.2) is 49.2 Å². The zero-order valence-corrected chi connectivity index (χ0v) is 14.7. The molecule has 0 atom stereocenters. The molecular formula is C17H24N2O6. The number of benzene rings is 1. The van der Waals surface area contributed by atoms with E-state index < -0.39 is 5.97 Å². The summed E-state index contributed by atoms with van der Waals surface area (Å²) in [7, 11) is 0. The van der Waals surface area contributed by atoms with Crippen molar-refractivity contribution in [2.75, 3.05) is 26.3 Å². The third-order valence-electron chi connectivity index (χ3n) is 3.22. The topological polar surface area (TPSA) is 114 Å². The van der Waals surface area contributed by atoms with Crippen LogP contribution in [0.25, 0.3) is 0 Å². The maximum atomic E-state index is 11.7. The van der Waals surface area contributed by atoms with Gasteiger partial charge in [-0.05, 0) is 31.9 Å². The van der Waals surface area contributed by atoms with Gasteiger partial charge in [0.25, 0.3) is 0 Å². The highest BCUT2D eigenvalue weighted by molar-refractivity contribution is 5.94. The standard InChI is InChI=1S/C17H24N2O6/c1-4-24-13-7-6-12(15(17(22)23)16(13)25-5-2)8-9-18-14(21)10-19-11(3)20/h6-7H,4-5,8-10H2,1-3H3,(H,18,21)(H,19,20)(H,22,23). The third-order valence-corrected chi connectivity index (χ3v) is 3.22. The van der Waals surface area contributed by atoms with Crippen LogP contribution in [0.4, 0.5) is 0 Å². The van der Waals surface area contributed by atoms with Crippen LogP contribution in [0.1, 0.15) is 36.7 Å². The number of aromatic carboxylic acids is 1. The van der Waals surface area contributed by atoms with Crippen molar-refractivity contribution in [3.8, 4) is 11.5 Å². The Kier molecular flexibility index (Phi) is 8.25. The van der Waals surface area contributed by atoms with Gasteiger partial charge in [-0.2, -0.15) is 0 Å². The van der Waals surface area contributed by atoms with Crippen molar-refractivity contribution in [3.63, 3.8) is 0 Å². The zero-order valence-electron chi connectivity index (χ0n) is 14.7. The SMILES string of the molecule is CCOc1ccc(CCNC(=O)CNC(C)=O)c(C(=O)O)c1OCC. The summed E-state index contributed by atoms with van der Waals surface area (Å²) in [6.45, 7) is 5.69. The van der Waals surface area contributed by atoms with Gasteiger partial charge in [-0.3, -0.25) is 9.59 Å². The molecule has 0 radical (unpaired) electrons. The number of carbonyl (C=O) groups is 3. The second-order valence-corrected chi connectivity index (χ2v) is 5.11. The molecule has 8 heteroatoms. The number of carboxylic acid groups (broad SMARTS) is 1. The summed E-state index contributed by atoms with van der Waals surface area (Å²) in [4.78, 5) is 34.0. The van der Waals surface area contributed by atoms with Gasteiger partial charge >= 0.3 is 5.97 Å². The molecule has 1 aromatic rings. The van der Waals surface area contributed by atoms with E-state index in [4.69, 9.17) is 9.47 Å². The van der Waals surface area contributed by atoms with Gasteiger partial charge < -0.3 is 25.2 Å². The van der Waals surface area contributed by atoms with Crippen molar-refractivity contribution in [1.82, 2.24) is 10.6 Å². The highest BCUT2D eigenvalue weighted by Crippen LogP contribution is 2.34. The number of hydrogen-bond acceptors (Lipinski definition) is 5. The summed E-state index contributed by atoms with van der Waals surface area (Å²) in [5, 5.41) is 14.6. The van der Waals surface area contributed by atoms with E-state index in [2.05, 4.69) is 10.6 Å². The fourth-order valence-electron chi connectivity index (χ4n) is 2.21. The normalized spacial score (nSPS) is 10.0. The van der Waals surface area contributed by atoms with Crippen molar-refractivity contribution < 1.29 is 29.0 Å². The van der Waals surface area contributed by atoms with E-state index in [1.807, 2.05) is 0 Å². The van der Waals surface area contributed by atoms with E-state index in [1.54, 1.807) is 26.0 Å². The van der Waals surface area contributed by atoms with Crippen LogP contribution in [0.2, 0.25) is 0 Å². The van der Waals surface area contributed by atoms with E-state index in [0.29, 0.717) is 30.9 Å². The predicted molar refractivity (Wildman–Crippen MR) is 91.1 cm³/mol. The van der Waals surface area contributed by atoms with Crippen molar-refractivity contribution >= 4 is 17.8 Å². The maximum Gasteiger partial charge on any atom is 0.339 e. The number of amides is 2. The molecule has 0 aliphatic heterocycles. The van der Waals surface area contributed by atoms with E-state index in [1.165, 1.54) is 6.92 Å². The summed E-state index contributed by atoms with van der Waals surface area (Å²) >= 11 is 0. The molecule has 1 rings (SSSR count). The first-order chi connectivity index (χ1) is 11.9. The number of rotatable bonds is 10. The molecule has 25 heavy (non-hydrogen) atoms. The minimum atomic E-state index is -1.12. The molecule has 0 spiro atoms. The Labute approximate surface area is 146 Å². The average Bonchev–Trinajstić information content (AvgIpc) is 2.55. The molecule has 0 bridgehead atoms. The quantitative estimate of drug-likeness (QED) is 0.578. The van der Waals surface area contributed by atoms with E-state index >= 15 is 0 Å². The van der Waals surface area contributed by atoms with E-state index in [0.717, 1.165) is 0 Å². The Bertz CT molecular complexity index is 630. The molecule has 2 amide bonds. The first kappa shape index (κ1) is 20.3. The fraction of sp³-hybridized carbons (Fsp3) is 0.471. The average molecular weight is 352 g/mol. The van der Waals surface area contributed by atoms with Gasteiger partial charge in [-0.1, -0.05) is 6.07 Å². The summed E-state index contributed by atoms with van der Waals surface area (Å²) < 4.78 is 10.9.